The van der Waals surface area contributed by atoms with Gasteiger partial charge in [0, 0.05) is 31.2 Å². The molecule has 1 saturated carbocycles. The van der Waals surface area contributed by atoms with Crippen LogP contribution in [0.25, 0.3) is 0 Å². The Morgan fingerprint density at radius 2 is 1.74 bits per heavy atom. The number of nitrogens with zero attached hydrogens (tertiary/aromatic N) is 4. The quantitative estimate of drug-likeness (QED) is 0.452. The van der Waals surface area contributed by atoms with Crippen LogP contribution in [-0.2, 0) is 14.9 Å². The summed E-state index contributed by atoms with van der Waals surface area (Å²) >= 11 is 0. The molecule has 2 aliphatic heterocycles. The van der Waals surface area contributed by atoms with Gasteiger partial charge in [-0.25, -0.2) is 4.39 Å². The van der Waals surface area contributed by atoms with E-state index in [0.717, 1.165) is 76.9 Å². The minimum atomic E-state index is -1.09. The smallest absolute Gasteiger partial charge is 0.308 e. The van der Waals surface area contributed by atoms with Crippen LogP contribution in [0.3, 0.4) is 0 Å². The lowest BCUT2D eigenvalue weighted by Crippen LogP contribution is -2.53. The van der Waals surface area contributed by atoms with Crippen molar-refractivity contribution in [3.8, 4) is 12.1 Å². The molecule has 0 unspecified atom stereocenters. The van der Waals surface area contributed by atoms with Crippen molar-refractivity contribution < 1.29 is 13.9 Å². The number of esters is 1. The normalized spacial score (nSPS) is 20.8. The van der Waals surface area contributed by atoms with Crippen molar-refractivity contribution >= 4 is 11.7 Å². The minimum absolute atomic E-state index is 0.0315. The molecule has 0 aromatic heterocycles. The largest absolute Gasteiger partial charge is 0.462 e. The first-order chi connectivity index (χ1) is 18.5. The lowest BCUT2D eigenvalue weighted by atomic mass is 9.65. The van der Waals surface area contributed by atoms with Crippen LogP contribution in [-0.4, -0.2) is 49.7 Å². The summed E-state index contributed by atoms with van der Waals surface area (Å²) in [5.74, 6) is -0.200. The summed E-state index contributed by atoms with van der Waals surface area (Å²) in [7, 11) is 0. The van der Waals surface area contributed by atoms with Crippen LogP contribution in [0.5, 0.6) is 0 Å². The van der Waals surface area contributed by atoms with Gasteiger partial charge in [0.05, 0.1) is 29.5 Å². The maximum atomic E-state index is 14.3. The van der Waals surface area contributed by atoms with Gasteiger partial charge < -0.3 is 14.5 Å². The molecule has 0 bridgehead atoms. The van der Waals surface area contributed by atoms with E-state index in [0.29, 0.717) is 17.0 Å². The molecule has 38 heavy (non-hydrogen) atoms. The van der Waals surface area contributed by atoms with Crippen molar-refractivity contribution in [3.05, 3.63) is 65.5 Å². The Labute approximate surface area is 224 Å². The van der Waals surface area contributed by atoms with E-state index in [2.05, 4.69) is 21.9 Å². The van der Waals surface area contributed by atoms with Crippen molar-refractivity contribution in [2.75, 3.05) is 37.6 Å². The lowest BCUT2D eigenvalue weighted by Gasteiger charge is -2.46. The summed E-state index contributed by atoms with van der Waals surface area (Å²) in [6, 6.07) is 18.6. The molecule has 1 aliphatic carbocycles. The zero-order valence-electron chi connectivity index (χ0n) is 21.8. The molecule has 3 fully saturated rings. The topological polar surface area (TPSA) is 80.4 Å². The van der Waals surface area contributed by atoms with E-state index >= 15 is 0 Å². The van der Waals surface area contributed by atoms with Crippen LogP contribution in [0, 0.1) is 40.3 Å². The van der Waals surface area contributed by atoms with E-state index in [1.807, 2.05) is 24.3 Å². The second-order valence-corrected chi connectivity index (χ2v) is 11.2. The molecule has 2 aromatic rings. The van der Waals surface area contributed by atoms with Gasteiger partial charge in [-0.2, -0.15) is 10.5 Å². The first-order valence-corrected chi connectivity index (χ1v) is 13.8. The Bertz CT molecular complexity index is 1200. The number of hydrogen-bond donors (Lipinski definition) is 0. The predicted octanol–water partition coefficient (Wildman–Crippen LogP) is 5.18. The third-order valence-corrected chi connectivity index (χ3v) is 8.68. The number of carbonyl (C=O) groups excluding carboxylic acids is 1. The molecule has 0 amide bonds. The van der Waals surface area contributed by atoms with Crippen molar-refractivity contribution in [2.45, 2.75) is 56.5 Å². The summed E-state index contributed by atoms with van der Waals surface area (Å²) in [4.78, 5) is 17.8. The van der Waals surface area contributed by atoms with Crippen LogP contribution in [0.1, 0.15) is 56.1 Å². The third-order valence-electron chi connectivity index (χ3n) is 8.68. The molecular formula is C31H35FN4O2. The highest BCUT2D eigenvalue weighted by Gasteiger charge is 2.45. The summed E-state index contributed by atoms with van der Waals surface area (Å²) in [5, 5.41) is 19.5. The molecule has 198 valence electrons. The SMILES string of the molecule is N#Cc1ccc(N2CC(CN3CCC([C@](C#N)(CC(=O)OC4CCCC4)c4cccc(F)c4)CC3)C2)cc1. The van der Waals surface area contributed by atoms with Gasteiger partial charge in [0.25, 0.3) is 0 Å². The number of benzene rings is 2. The first-order valence-electron chi connectivity index (χ1n) is 13.8. The Kier molecular flexibility index (Phi) is 7.95. The van der Waals surface area contributed by atoms with Crippen LogP contribution < -0.4 is 4.90 Å². The van der Waals surface area contributed by atoms with Gasteiger partial charge in [-0.15, -0.1) is 0 Å². The lowest BCUT2D eigenvalue weighted by molar-refractivity contribution is -0.150. The molecule has 2 aromatic carbocycles. The van der Waals surface area contributed by atoms with Crippen molar-refractivity contribution in [1.82, 2.24) is 4.90 Å². The fraction of sp³-hybridized carbons (Fsp3) is 0.516. The molecule has 6 nitrogen and oxygen atoms in total. The maximum Gasteiger partial charge on any atom is 0.308 e. The number of nitriles is 2. The maximum absolute atomic E-state index is 14.3. The molecule has 5 rings (SSSR count). The van der Waals surface area contributed by atoms with Gasteiger partial charge in [0.15, 0.2) is 0 Å². The third kappa shape index (κ3) is 5.69. The van der Waals surface area contributed by atoms with Gasteiger partial charge in [-0.1, -0.05) is 12.1 Å². The highest BCUT2D eigenvalue weighted by atomic mass is 19.1. The number of hydrogen-bond acceptors (Lipinski definition) is 6. The number of likely N-dealkylation sites (tertiary alicyclic amines) is 1. The fourth-order valence-electron chi connectivity index (χ4n) is 6.52. The number of carbonyl (C=O) groups is 1. The number of piperidine rings is 1. The number of rotatable bonds is 8. The summed E-state index contributed by atoms with van der Waals surface area (Å²) in [6.07, 6.45) is 5.38. The summed E-state index contributed by atoms with van der Waals surface area (Å²) in [5.41, 5.74) is 1.32. The molecule has 0 radical (unpaired) electrons. The van der Waals surface area contributed by atoms with Crippen LogP contribution in [0.15, 0.2) is 48.5 Å². The van der Waals surface area contributed by atoms with Gasteiger partial charge in [0.1, 0.15) is 11.9 Å². The van der Waals surface area contributed by atoms with Gasteiger partial charge in [-0.3, -0.25) is 4.79 Å². The number of anilines is 1. The zero-order chi connectivity index (χ0) is 26.5. The standard InChI is InChI=1S/C31H35FN4O2/c32-27-5-3-4-26(16-27)31(22-34,17-30(37)38-29-6-1-2-7-29)25-12-14-35(15-13-25)19-24-20-36(21-24)28-10-8-23(18-33)9-11-28/h3-5,8-11,16,24-25,29H,1-2,6-7,12-15,17,19-21H2/t31-/m1/s1. The predicted molar refractivity (Wildman–Crippen MR) is 143 cm³/mol. The molecule has 3 aliphatic rings. The van der Waals surface area contributed by atoms with Crippen LogP contribution >= 0.6 is 0 Å². The van der Waals surface area contributed by atoms with Crippen LogP contribution in [0.2, 0.25) is 0 Å². The highest BCUT2D eigenvalue weighted by Crippen LogP contribution is 2.42. The second kappa shape index (κ2) is 11.5. The van der Waals surface area contributed by atoms with E-state index < -0.39 is 5.41 Å². The summed E-state index contributed by atoms with van der Waals surface area (Å²) < 4.78 is 20.0. The molecule has 0 N–H and O–H groups in total. The van der Waals surface area contributed by atoms with E-state index in [1.165, 1.54) is 12.1 Å². The molecule has 1 atom stereocenters. The molecular weight excluding hydrogens is 479 g/mol. The minimum Gasteiger partial charge on any atom is -0.462 e. The van der Waals surface area contributed by atoms with E-state index in [4.69, 9.17) is 10.00 Å². The number of ether oxygens (including phenoxy) is 1. The Hall–Kier alpha value is -3.42. The summed E-state index contributed by atoms with van der Waals surface area (Å²) in [6.45, 7) is 4.69. The monoisotopic (exact) mass is 514 g/mol. The van der Waals surface area contributed by atoms with Gasteiger partial charge in [0.2, 0.25) is 0 Å². The van der Waals surface area contributed by atoms with E-state index in [-0.39, 0.29) is 30.2 Å². The molecule has 2 heterocycles. The molecule has 2 saturated heterocycles. The molecule has 0 spiro atoms. The fourth-order valence-corrected chi connectivity index (χ4v) is 6.52. The van der Waals surface area contributed by atoms with Crippen molar-refractivity contribution in [2.24, 2.45) is 11.8 Å². The van der Waals surface area contributed by atoms with Crippen molar-refractivity contribution in [3.63, 3.8) is 0 Å². The molecule has 7 heteroatoms. The average molecular weight is 515 g/mol. The Balaban J connectivity index is 1.20. The van der Waals surface area contributed by atoms with Gasteiger partial charge in [-0.05, 0) is 99.5 Å². The Morgan fingerprint density at radius 3 is 2.37 bits per heavy atom. The van der Waals surface area contributed by atoms with Crippen molar-refractivity contribution in [1.29, 1.82) is 10.5 Å². The number of halogens is 1. The average Bonchev–Trinajstić information content (AvgIpc) is 3.42. The Morgan fingerprint density at radius 1 is 1.03 bits per heavy atom. The zero-order valence-corrected chi connectivity index (χ0v) is 21.8. The first kappa shape index (κ1) is 26.2. The van der Waals surface area contributed by atoms with E-state index in [1.54, 1.807) is 12.1 Å². The van der Waals surface area contributed by atoms with Gasteiger partial charge >= 0.3 is 5.97 Å². The van der Waals surface area contributed by atoms with Crippen LogP contribution in [0.4, 0.5) is 10.1 Å². The highest BCUT2D eigenvalue weighted by molar-refractivity contribution is 5.73. The van der Waals surface area contributed by atoms with E-state index in [9.17, 15) is 14.4 Å². The second-order valence-electron chi connectivity index (χ2n) is 11.2.